The van der Waals surface area contributed by atoms with Gasteiger partial charge in [-0.1, -0.05) is 60.7 Å². The summed E-state index contributed by atoms with van der Waals surface area (Å²) in [4.78, 5) is 20.4. The van der Waals surface area contributed by atoms with Crippen LogP contribution in [0.3, 0.4) is 0 Å². The number of hydrogen-bond acceptors (Lipinski definition) is 2. The third-order valence-electron chi connectivity index (χ3n) is 3.40. The second-order valence-corrected chi connectivity index (χ2v) is 8.79. The molecule has 0 aliphatic carbocycles. The number of benzene rings is 2. The molecule has 0 aliphatic heterocycles. The zero-order valence-corrected chi connectivity index (χ0v) is 19.6. The fourth-order valence-electron chi connectivity index (χ4n) is 2.18. The first-order valence-corrected chi connectivity index (χ1v) is 14.0. The predicted octanol–water partition coefficient (Wildman–Crippen LogP) is 6.01. The van der Waals surface area contributed by atoms with Crippen LogP contribution < -0.4 is 0 Å². The van der Waals surface area contributed by atoms with Crippen molar-refractivity contribution in [1.29, 1.82) is 0 Å². The zero-order valence-electron chi connectivity index (χ0n) is 15.8. The summed E-state index contributed by atoms with van der Waals surface area (Å²) in [5.74, 6) is -1.43. The molecule has 0 saturated carbocycles. The Bertz CT molecular complexity index is 569. The molecule has 0 atom stereocenters. The number of halogens is 2. The van der Waals surface area contributed by atoms with E-state index in [0.717, 1.165) is 25.7 Å². The standard InChI is InChI=1S/2C10H12O2.CH3.2ClH.Pt/c2*11-10(12)8-4-7-9-5-2-1-3-6-9;;;;/h2*1-3,5-6H,4,7-8H2,(H,11,12);1H3;2*1H;/q;;-1;;;+2/p-2. The van der Waals surface area contributed by atoms with Crippen LogP contribution in [-0.2, 0) is 38.9 Å². The van der Waals surface area contributed by atoms with Crippen LogP contribution in [0.25, 0.3) is 0 Å². The van der Waals surface area contributed by atoms with Gasteiger partial charge in [-0.25, -0.2) is 0 Å². The minimum absolute atomic E-state index is 0. The summed E-state index contributed by atoms with van der Waals surface area (Å²) in [6, 6.07) is 19.9. The summed E-state index contributed by atoms with van der Waals surface area (Å²) in [5.41, 5.74) is 2.41. The van der Waals surface area contributed by atoms with Gasteiger partial charge in [0.15, 0.2) is 0 Å². The maximum absolute atomic E-state index is 10.2. The molecule has 0 radical (unpaired) electrons. The van der Waals surface area contributed by atoms with Crippen molar-refractivity contribution in [2.75, 3.05) is 0 Å². The van der Waals surface area contributed by atoms with Crippen molar-refractivity contribution in [3.05, 3.63) is 79.2 Å². The summed E-state index contributed by atoms with van der Waals surface area (Å²) < 4.78 is 0. The molecule has 0 amide bonds. The van der Waals surface area contributed by atoms with E-state index in [1.807, 2.05) is 60.7 Å². The van der Waals surface area contributed by atoms with Gasteiger partial charge in [0, 0.05) is 12.8 Å². The SMILES string of the molecule is O=C(O)CCCc1ccccc1.O=C(O)CCCc1ccccc1.[CH3-].[Cl][Pt][Cl]. The number of carboxylic acids is 2. The van der Waals surface area contributed by atoms with Gasteiger partial charge in [-0.2, -0.15) is 0 Å². The van der Waals surface area contributed by atoms with E-state index in [-0.39, 0.29) is 20.3 Å². The Morgan fingerprint density at radius 2 is 1.00 bits per heavy atom. The molecule has 0 unspecified atom stereocenters. The molecular weight excluding hydrogens is 582 g/mol. The molecule has 0 spiro atoms. The molecule has 160 valence electrons. The molecule has 2 N–H and O–H groups in total. The van der Waals surface area contributed by atoms with Gasteiger partial charge in [-0.05, 0) is 36.8 Å². The van der Waals surface area contributed by atoms with Crippen molar-refractivity contribution < 1.29 is 36.3 Å². The molecule has 0 aliphatic rings. The van der Waals surface area contributed by atoms with E-state index < -0.39 is 28.4 Å². The fourth-order valence-corrected chi connectivity index (χ4v) is 2.18. The van der Waals surface area contributed by atoms with Crippen LogP contribution in [0, 0.1) is 7.43 Å². The second-order valence-electron chi connectivity index (χ2n) is 5.51. The summed E-state index contributed by atoms with van der Waals surface area (Å²) in [6.45, 7) is 0. The molecule has 2 aromatic carbocycles. The molecule has 28 heavy (non-hydrogen) atoms. The van der Waals surface area contributed by atoms with Crippen LogP contribution >= 0.6 is 18.8 Å². The van der Waals surface area contributed by atoms with Crippen LogP contribution in [0.4, 0.5) is 0 Å². The molecule has 2 rings (SSSR count). The van der Waals surface area contributed by atoms with E-state index >= 15 is 0 Å². The first-order chi connectivity index (χ1) is 13.0. The molecule has 0 fully saturated rings. The fraction of sp³-hybridized carbons (Fsp3) is 0.286. The van der Waals surface area contributed by atoms with Crippen molar-refractivity contribution in [1.82, 2.24) is 0 Å². The molecule has 4 nitrogen and oxygen atoms in total. The molecule has 0 saturated heterocycles. The summed E-state index contributed by atoms with van der Waals surface area (Å²) in [7, 11) is 9.75. The van der Waals surface area contributed by atoms with Gasteiger partial charge in [-0.15, -0.1) is 0 Å². The molecular formula is C21H27Cl2O4Pt-. The molecule has 0 bridgehead atoms. The number of aryl methyl sites for hydroxylation is 2. The Morgan fingerprint density at radius 3 is 1.25 bits per heavy atom. The average molecular weight is 609 g/mol. The number of rotatable bonds is 8. The third-order valence-corrected chi connectivity index (χ3v) is 3.40. The first-order valence-electron chi connectivity index (χ1n) is 8.33. The first kappa shape index (κ1) is 28.9. The van der Waals surface area contributed by atoms with E-state index in [4.69, 9.17) is 29.0 Å². The third kappa shape index (κ3) is 19.4. The van der Waals surface area contributed by atoms with Crippen LogP contribution in [-0.4, -0.2) is 22.2 Å². The molecule has 7 heteroatoms. The van der Waals surface area contributed by atoms with E-state index in [0.29, 0.717) is 0 Å². The number of aliphatic carboxylic acids is 2. The number of carboxylic acid groups (broad SMARTS) is 2. The Kier molecular flexibility index (Phi) is 21.0. The van der Waals surface area contributed by atoms with E-state index in [9.17, 15) is 9.59 Å². The van der Waals surface area contributed by atoms with Crippen molar-refractivity contribution >= 4 is 30.8 Å². The Labute approximate surface area is 184 Å². The summed E-state index contributed by atoms with van der Waals surface area (Å²) in [6.07, 6.45) is 3.67. The predicted molar refractivity (Wildman–Crippen MR) is 112 cm³/mol. The Morgan fingerprint density at radius 1 is 0.714 bits per heavy atom. The van der Waals surface area contributed by atoms with Crippen LogP contribution in [0.15, 0.2) is 60.7 Å². The maximum atomic E-state index is 10.2. The summed E-state index contributed by atoms with van der Waals surface area (Å²) in [5, 5.41) is 16.8. The van der Waals surface area contributed by atoms with Gasteiger partial charge >= 0.3 is 47.3 Å². The van der Waals surface area contributed by atoms with E-state index in [1.54, 1.807) is 0 Å². The average Bonchev–Trinajstić information content (AvgIpc) is 2.64. The van der Waals surface area contributed by atoms with Crippen LogP contribution in [0.5, 0.6) is 0 Å². The Hall–Kier alpha value is -1.35. The van der Waals surface area contributed by atoms with Crippen molar-refractivity contribution in [2.24, 2.45) is 0 Å². The summed E-state index contributed by atoms with van der Waals surface area (Å²) >= 11 is -0.472. The normalized spacial score (nSPS) is 9.07. The van der Waals surface area contributed by atoms with Gasteiger partial charge in [-0.3, -0.25) is 9.59 Å². The van der Waals surface area contributed by atoms with Crippen LogP contribution in [0.1, 0.15) is 36.8 Å². The minimum atomic E-state index is -0.717. The van der Waals surface area contributed by atoms with Crippen molar-refractivity contribution in [2.45, 2.75) is 38.5 Å². The van der Waals surface area contributed by atoms with E-state index in [1.165, 1.54) is 11.1 Å². The van der Waals surface area contributed by atoms with Gasteiger partial charge in [0.2, 0.25) is 0 Å². The molecule has 0 aromatic heterocycles. The molecule has 0 heterocycles. The van der Waals surface area contributed by atoms with Gasteiger partial charge in [0.1, 0.15) is 0 Å². The molecule has 2 aromatic rings. The van der Waals surface area contributed by atoms with Gasteiger partial charge < -0.3 is 17.6 Å². The van der Waals surface area contributed by atoms with Gasteiger partial charge in [0.25, 0.3) is 0 Å². The Balaban J connectivity index is 0. The second kappa shape index (κ2) is 20.4. The number of hydrogen-bond donors (Lipinski definition) is 2. The van der Waals surface area contributed by atoms with Crippen LogP contribution in [0.2, 0.25) is 0 Å². The van der Waals surface area contributed by atoms with Crippen molar-refractivity contribution in [3.63, 3.8) is 0 Å². The van der Waals surface area contributed by atoms with E-state index in [2.05, 4.69) is 0 Å². The monoisotopic (exact) mass is 608 g/mol. The quantitative estimate of drug-likeness (QED) is 0.360. The zero-order chi connectivity index (χ0) is 20.3. The van der Waals surface area contributed by atoms with Crippen molar-refractivity contribution in [3.8, 4) is 0 Å². The van der Waals surface area contributed by atoms with Gasteiger partial charge in [0.05, 0.1) is 0 Å². The topological polar surface area (TPSA) is 74.6 Å². The number of carbonyl (C=O) groups is 2.